The van der Waals surface area contributed by atoms with Crippen LogP contribution in [-0.4, -0.2) is 30.4 Å². The predicted molar refractivity (Wildman–Crippen MR) is 106 cm³/mol. The van der Waals surface area contributed by atoms with Crippen LogP contribution in [-0.2, 0) is 23.6 Å². The van der Waals surface area contributed by atoms with Gasteiger partial charge in [-0.1, -0.05) is 0 Å². The second-order valence-corrected chi connectivity index (χ2v) is 7.64. The lowest BCUT2D eigenvalue weighted by atomic mass is 10.2. The van der Waals surface area contributed by atoms with E-state index in [2.05, 4.69) is 9.97 Å². The summed E-state index contributed by atoms with van der Waals surface area (Å²) in [6.45, 7) is 1.93. The number of nitrogens with zero attached hydrogens (tertiary/aromatic N) is 4. The van der Waals surface area contributed by atoms with E-state index in [1.165, 1.54) is 0 Å². The van der Waals surface area contributed by atoms with Crippen LogP contribution >= 0.6 is 0 Å². The highest BCUT2D eigenvalue weighted by molar-refractivity contribution is 7.84. The number of benzene rings is 1. The fourth-order valence-corrected chi connectivity index (χ4v) is 4.42. The molecule has 4 aromatic rings. The summed E-state index contributed by atoms with van der Waals surface area (Å²) in [5.74, 6) is 1.04. The van der Waals surface area contributed by atoms with Crippen LogP contribution in [0.3, 0.4) is 0 Å². The number of methoxy groups -OCH3 is 1. The van der Waals surface area contributed by atoms with E-state index in [-0.39, 0.29) is 0 Å². The smallest absolute Gasteiger partial charge is 0.200 e. The van der Waals surface area contributed by atoms with Gasteiger partial charge in [0.15, 0.2) is 5.16 Å². The van der Waals surface area contributed by atoms with Gasteiger partial charge in [0.05, 0.1) is 40.4 Å². The Labute approximate surface area is 159 Å². The molecule has 0 saturated heterocycles. The summed E-state index contributed by atoms with van der Waals surface area (Å²) in [5.41, 5.74) is 4.45. The van der Waals surface area contributed by atoms with Crippen molar-refractivity contribution in [3.63, 3.8) is 0 Å². The minimum Gasteiger partial charge on any atom is -0.496 e. The molecule has 27 heavy (non-hydrogen) atoms. The van der Waals surface area contributed by atoms with Crippen molar-refractivity contribution >= 4 is 21.8 Å². The van der Waals surface area contributed by atoms with Crippen LogP contribution in [0.4, 0.5) is 0 Å². The first kappa shape index (κ1) is 17.5. The third-order valence-corrected chi connectivity index (χ3v) is 5.98. The molecule has 0 aliphatic carbocycles. The average Bonchev–Trinajstić information content (AvgIpc) is 3.31. The Balaban J connectivity index is 1.69. The van der Waals surface area contributed by atoms with E-state index in [0.29, 0.717) is 10.9 Å². The second-order valence-electron chi connectivity index (χ2n) is 6.29. The van der Waals surface area contributed by atoms with Crippen molar-refractivity contribution in [1.82, 2.24) is 19.1 Å². The maximum Gasteiger partial charge on any atom is 0.200 e. The van der Waals surface area contributed by atoms with E-state index in [0.717, 1.165) is 33.7 Å². The average molecular weight is 380 g/mol. The largest absolute Gasteiger partial charge is 0.496 e. The van der Waals surface area contributed by atoms with Crippen molar-refractivity contribution in [3.05, 3.63) is 66.2 Å². The molecule has 3 heterocycles. The molecule has 0 fully saturated rings. The maximum atomic E-state index is 13.0. The number of ether oxygens (including phenoxy) is 1. The van der Waals surface area contributed by atoms with Crippen LogP contribution in [0.25, 0.3) is 16.7 Å². The highest BCUT2D eigenvalue weighted by Gasteiger charge is 2.17. The van der Waals surface area contributed by atoms with Crippen LogP contribution in [0.1, 0.15) is 11.3 Å². The lowest BCUT2D eigenvalue weighted by molar-refractivity contribution is 0.410. The number of aryl methyl sites for hydroxylation is 1. The molecule has 6 nitrogen and oxygen atoms in total. The molecule has 0 amide bonds. The first-order valence-electron chi connectivity index (χ1n) is 8.55. The number of imidazole rings is 1. The molecule has 4 rings (SSSR count). The quantitative estimate of drug-likeness (QED) is 0.532. The van der Waals surface area contributed by atoms with Gasteiger partial charge in [0.2, 0.25) is 0 Å². The molecule has 1 unspecified atom stereocenters. The van der Waals surface area contributed by atoms with E-state index < -0.39 is 10.8 Å². The lowest BCUT2D eigenvalue weighted by Crippen LogP contribution is -2.07. The molecule has 0 N–H and O–H groups in total. The highest BCUT2D eigenvalue weighted by Crippen LogP contribution is 2.24. The van der Waals surface area contributed by atoms with E-state index >= 15 is 0 Å². The molecule has 1 atom stereocenters. The van der Waals surface area contributed by atoms with Gasteiger partial charge in [-0.3, -0.25) is 9.19 Å². The van der Waals surface area contributed by atoms with Crippen LogP contribution in [0, 0.1) is 6.92 Å². The standard InChI is InChI=1S/C20H20N4O2S/c1-14-17(21-9-8-19(14)26-3)13-27(25)20-22-16-12-15(24-10-4-5-11-24)6-7-18(16)23(20)2/h4-12H,13H2,1-3H3. The van der Waals surface area contributed by atoms with Gasteiger partial charge in [-0.05, 0) is 43.3 Å². The highest BCUT2D eigenvalue weighted by atomic mass is 32.2. The summed E-state index contributed by atoms with van der Waals surface area (Å²) in [5, 5.41) is 0.540. The van der Waals surface area contributed by atoms with Gasteiger partial charge in [0, 0.05) is 36.9 Å². The molecule has 7 heteroatoms. The van der Waals surface area contributed by atoms with Crippen molar-refractivity contribution in [1.29, 1.82) is 0 Å². The molecular weight excluding hydrogens is 360 g/mol. The van der Waals surface area contributed by atoms with Gasteiger partial charge < -0.3 is 13.9 Å². The summed E-state index contributed by atoms with van der Waals surface area (Å²) >= 11 is 0. The Morgan fingerprint density at radius 1 is 1.19 bits per heavy atom. The lowest BCUT2D eigenvalue weighted by Gasteiger charge is -2.09. The second kappa shape index (κ2) is 7.00. The summed E-state index contributed by atoms with van der Waals surface area (Å²) in [6, 6.07) is 11.8. The number of rotatable bonds is 5. The topological polar surface area (TPSA) is 61.9 Å². The number of pyridine rings is 1. The Hall–Kier alpha value is -2.93. The van der Waals surface area contributed by atoms with Gasteiger partial charge in [-0.25, -0.2) is 4.98 Å². The zero-order chi connectivity index (χ0) is 19.0. The van der Waals surface area contributed by atoms with E-state index in [4.69, 9.17) is 4.74 Å². The third-order valence-electron chi connectivity index (χ3n) is 4.68. The molecule has 0 spiro atoms. The van der Waals surface area contributed by atoms with Crippen molar-refractivity contribution in [2.24, 2.45) is 7.05 Å². The molecule has 0 bridgehead atoms. The van der Waals surface area contributed by atoms with Crippen LogP contribution in [0.2, 0.25) is 0 Å². The number of hydrogen-bond donors (Lipinski definition) is 0. The fraction of sp³-hybridized carbons (Fsp3) is 0.200. The minimum absolute atomic E-state index is 0.296. The molecule has 0 aliphatic heterocycles. The Morgan fingerprint density at radius 3 is 2.70 bits per heavy atom. The van der Waals surface area contributed by atoms with Crippen LogP contribution in [0.15, 0.2) is 60.1 Å². The van der Waals surface area contributed by atoms with E-state index in [9.17, 15) is 4.21 Å². The molecule has 0 saturated carbocycles. The molecule has 0 aliphatic rings. The SMILES string of the molecule is COc1ccnc(CS(=O)c2nc3cc(-n4cccc4)ccc3n2C)c1C. The minimum atomic E-state index is -1.32. The Kier molecular flexibility index (Phi) is 4.53. The number of fused-ring (bicyclic) bond motifs is 1. The summed E-state index contributed by atoms with van der Waals surface area (Å²) in [7, 11) is 2.20. The molecule has 138 valence electrons. The number of aromatic nitrogens is 4. The van der Waals surface area contributed by atoms with Crippen LogP contribution in [0.5, 0.6) is 5.75 Å². The molecule has 3 aromatic heterocycles. The van der Waals surface area contributed by atoms with Gasteiger partial charge >= 0.3 is 0 Å². The third kappa shape index (κ3) is 3.14. The monoisotopic (exact) mass is 380 g/mol. The zero-order valence-corrected chi connectivity index (χ0v) is 16.2. The van der Waals surface area contributed by atoms with Gasteiger partial charge in [0.1, 0.15) is 5.75 Å². The van der Waals surface area contributed by atoms with E-state index in [1.54, 1.807) is 19.4 Å². The normalized spacial score (nSPS) is 12.4. The first-order valence-corrected chi connectivity index (χ1v) is 9.87. The molecule has 1 aromatic carbocycles. The van der Waals surface area contributed by atoms with Gasteiger partial charge in [0.25, 0.3) is 0 Å². The molecular formula is C20H20N4O2S. The Bertz CT molecular complexity index is 1130. The fourth-order valence-electron chi connectivity index (χ4n) is 3.15. The van der Waals surface area contributed by atoms with Gasteiger partial charge in [-0.15, -0.1) is 0 Å². The maximum absolute atomic E-state index is 13.0. The first-order chi connectivity index (χ1) is 13.1. The summed E-state index contributed by atoms with van der Waals surface area (Å²) in [6.07, 6.45) is 5.65. The van der Waals surface area contributed by atoms with Crippen molar-refractivity contribution in [3.8, 4) is 11.4 Å². The van der Waals surface area contributed by atoms with Gasteiger partial charge in [-0.2, -0.15) is 0 Å². The van der Waals surface area contributed by atoms with Crippen LogP contribution < -0.4 is 4.74 Å². The molecule has 0 radical (unpaired) electrons. The predicted octanol–water partition coefficient (Wildman–Crippen LogP) is 3.38. The number of hydrogen-bond acceptors (Lipinski definition) is 4. The summed E-state index contributed by atoms with van der Waals surface area (Å²) in [4.78, 5) is 9.01. The van der Waals surface area contributed by atoms with Crippen molar-refractivity contribution in [2.45, 2.75) is 17.8 Å². The summed E-state index contributed by atoms with van der Waals surface area (Å²) < 4.78 is 22.3. The Morgan fingerprint density at radius 2 is 1.96 bits per heavy atom. The van der Waals surface area contributed by atoms with Crippen molar-refractivity contribution in [2.75, 3.05) is 7.11 Å². The van der Waals surface area contributed by atoms with Crippen molar-refractivity contribution < 1.29 is 8.95 Å². The zero-order valence-electron chi connectivity index (χ0n) is 15.4. The van der Waals surface area contributed by atoms with E-state index in [1.807, 2.05) is 65.8 Å².